The molecular weight excluding hydrogens is 554 g/mol. The van der Waals surface area contributed by atoms with Gasteiger partial charge in [-0.15, -0.1) is 10.2 Å². The van der Waals surface area contributed by atoms with Gasteiger partial charge in [0.15, 0.2) is 5.01 Å². The minimum absolute atomic E-state index is 0.352. The number of nitrogens with zero attached hydrogens (tertiary/aromatic N) is 4. The van der Waals surface area contributed by atoms with Crippen molar-refractivity contribution < 1.29 is 0 Å². The first-order valence-electron chi connectivity index (χ1n) is 11.1. The fourth-order valence-corrected chi connectivity index (χ4v) is 5.79. The van der Waals surface area contributed by atoms with Gasteiger partial charge in [-0.25, -0.2) is 4.68 Å². The highest BCUT2D eigenvalue weighted by atomic mass is 35.5. The molecule has 4 nitrogen and oxygen atoms in total. The maximum atomic E-state index is 6.60. The maximum Gasteiger partial charge on any atom is 0.168 e. The molecule has 0 aliphatic heterocycles. The Balaban J connectivity index is 1.65. The highest BCUT2D eigenvalue weighted by molar-refractivity contribution is 7.14. The van der Waals surface area contributed by atoms with Crippen LogP contribution in [0.5, 0.6) is 0 Å². The summed E-state index contributed by atoms with van der Waals surface area (Å²) in [6, 6.07) is 20.8. The van der Waals surface area contributed by atoms with E-state index in [2.05, 4.69) is 24.0 Å². The second-order valence-corrected chi connectivity index (χ2v) is 11.6. The number of hydrogen-bond donors (Lipinski definition) is 0. The summed E-state index contributed by atoms with van der Waals surface area (Å²) in [6.45, 7) is 6.27. The molecule has 5 aromatic rings. The quantitative estimate of drug-likeness (QED) is 0.210. The summed E-state index contributed by atoms with van der Waals surface area (Å²) in [6.07, 6.45) is 0. The van der Waals surface area contributed by atoms with Gasteiger partial charge < -0.3 is 0 Å². The van der Waals surface area contributed by atoms with Crippen molar-refractivity contribution in [3.05, 3.63) is 103 Å². The van der Waals surface area contributed by atoms with E-state index in [4.69, 9.17) is 51.5 Å². The smallest absolute Gasteiger partial charge is 0.168 e. The molecule has 2 aromatic heterocycles. The third-order valence-electron chi connectivity index (χ3n) is 6.11. The van der Waals surface area contributed by atoms with Crippen molar-refractivity contribution in [1.29, 1.82) is 0 Å². The molecule has 0 spiro atoms. The molecule has 0 fully saturated rings. The van der Waals surface area contributed by atoms with Gasteiger partial charge in [0.2, 0.25) is 0 Å². The van der Waals surface area contributed by atoms with Gasteiger partial charge >= 0.3 is 0 Å². The molecule has 0 N–H and O–H groups in total. The molecule has 0 saturated carbocycles. The summed E-state index contributed by atoms with van der Waals surface area (Å²) in [4.78, 5) is 0. The molecule has 2 heterocycles. The Hall–Kier alpha value is -2.41. The van der Waals surface area contributed by atoms with E-state index in [1.807, 2.05) is 66.2 Å². The van der Waals surface area contributed by atoms with Gasteiger partial charge in [0, 0.05) is 31.6 Å². The van der Waals surface area contributed by atoms with Gasteiger partial charge in [-0.2, -0.15) is 5.10 Å². The fourth-order valence-electron chi connectivity index (χ4n) is 4.03. The molecule has 0 aliphatic rings. The number of aromatic nitrogens is 4. The third-order valence-corrected chi connectivity index (χ3v) is 8.40. The van der Waals surface area contributed by atoms with Gasteiger partial charge in [-0.1, -0.05) is 82.0 Å². The monoisotopic (exact) mass is 572 g/mol. The van der Waals surface area contributed by atoms with Gasteiger partial charge in [0.05, 0.1) is 16.4 Å². The summed E-state index contributed by atoms with van der Waals surface area (Å²) < 4.78 is 1.83. The van der Waals surface area contributed by atoms with Crippen LogP contribution in [0.1, 0.15) is 30.0 Å². The minimum Gasteiger partial charge on any atom is -0.231 e. The third kappa shape index (κ3) is 4.67. The van der Waals surface area contributed by atoms with Crippen LogP contribution in [-0.2, 0) is 5.41 Å². The van der Waals surface area contributed by atoms with Crippen molar-refractivity contribution >= 4 is 57.7 Å². The molecule has 5 rings (SSSR count). The van der Waals surface area contributed by atoms with Gasteiger partial charge in [0.25, 0.3) is 0 Å². The van der Waals surface area contributed by atoms with E-state index >= 15 is 0 Å². The van der Waals surface area contributed by atoms with Crippen molar-refractivity contribution in [1.82, 2.24) is 20.0 Å². The molecule has 0 unspecified atom stereocenters. The summed E-state index contributed by atoms with van der Waals surface area (Å²) in [5.41, 5.74) is 5.00. The first-order chi connectivity index (χ1) is 17.1. The number of benzene rings is 3. The van der Waals surface area contributed by atoms with Crippen LogP contribution in [0.2, 0.25) is 20.1 Å². The maximum absolute atomic E-state index is 6.60. The Bertz CT molecular complexity index is 1550. The highest BCUT2D eigenvalue weighted by Crippen LogP contribution is 2.40. The second kappa shape index (κ2) is 9.81. The molecule has 0 bridgehead atoms. The fraction of sp³-hybridized carbons (Fsp3) is 0.148. The van der Waals surface area contributed by atoms with Crippen LogP contribution in [0.4, 0.5) is 0 Å². The Morgan fingerprint density at radius 2 is 1.39 bits per heavy atom. The summed E-state index contributed by atoms with van der Waals surface area (Å²) >= 11 is 26.5. The van der Waals surface area contributed by atoms with Crippen LogP contribution >= 0.6 is 57.7 Å². The number of halogens is 4. The molecular formula is C27H20Cl4N4S. The van der Waals surface area contributed by atoms with Crippen LogP contribution in [0.3, 0.4) is 0 Å². The van der Waals surface area contributed by atoms with Gasteiger partial charge in [-0.3, -0.25) is 0 Å². The molecule has 0 atom stereocenters. The first kappa shape index (κ1) is 25.2. The van der Waals surface area contributed by atoms with Crippen LogP contribution in [0, 0.1) is 6.92 Å². The van der Waals surface area contributed by atoms with Crippen molar-refractivity contribution in [2.24, 2.45) is 0 Å². The molecule has 0 aliphatic carbocycles. The van der Waals surface area contributed by atoms with E-state index in [-0.39, 0.29) is 5.41 Å². The van der Waals surface area contributed by atoms with Gasteiger partial charge in [0.1, 0.15) is 10.7 Å². The molecule has 3 aromatic carbocycles. The zero-order valence-electron chi connectivity index (χ0n) is 19.6. The van der Waals surface area contributed by atoms with E-state index in [9.17, 15) is 0 Å². The van der Waals surface area contributed by atoms with Crippen LogP contribution in [0.25, 0.3) is 27.6 Å². The Kier molecular flexibility index (Phi) is 6.88. The summed E-state index contributed by atoms with van der Waals surface area (Å²) in [5.74, 6) is 0. The normalized spacial score (nSPS) is 11.8. The van der Waals surface area contributed by atoms with Crippen molar-refractivity contribution in [3.8, 4) is 27.6 Å². The van der Waals surface area contributed by atoms with E-state index in [1.165, 1.54) is 11.3 Å². The number of hydrogen-bond acceptors (Lipinski definition) is 4. The predicted molar refractivity (Wildman–Crippen MR) is 151 cm³/mol. The molecule has 9 heteroatoms. The van der Waals surface area contributed by atoms with Crippen LogP contribution in [0.15, 0.2) is 66.7 Å². The van der Waals surface area contributed by atoms with E-state index in [1.54, 1.807) is 12.1 Å². The van der Waals surface area contributed by atoms with E-state index in [0.29, 0.717) is 25.8 Å². The first-order valence-corrected chi connectivity index (χ1v) is 13.4. The second-order valence-electron chi connectivity index (χ2n) is 8.88. The lowest BCUT2D eigenvalue weighted by molar-refractivity contribution is 0.626. The summed E-state index contributed by atoms with van der Waals surface area (Å²) in [5, 5.41) is 18.1. The van der Waals surface area contributed by atoms with Gasteiger partial charge in [-0.05, 0) is 68.8 Å². The zero-order chi connectivity index (χ0) is 25.6. The van der Waals surface area contributed by atoms with Crippen molar-refractivity contribution in [3.63, 3.8) is 0 Å². The molecule has 36 heavy (non-hydrogen) atoms. The standard InChI is InChI=1S/C27H20Cl4N4S/c1-15-23(25-32-33-26(36-25)27(2,3)17-6-10-19(29)11-7-17)34-35(22-13-12-20(30)14-21(22)31)24(15)16-4-8-18(28)9-5-16/h4-14H,1-3H3. The molecule has 0 amide bonds. The minimum atomic E-state index is -0.352. The highest BCUT2D eigenvalue weighted by Gasteiger charge is 2.29. The lowest BCUT2D eigenvalue weighted by Gasteiger charge is -2.21. The Labute approximate surface area is 233 Å². The van der Waals surface area contributed by atoms with Crippen LogP contribution < -0.4 is 0 Å². The van der Waals surface area contributed by atoms with E-state index in [0.717, 1.165) is 38.1 Å². The number of rotatable bonds is 5. The van der Waals surface area contributed by atoms with Crippen molar-refractivity contribution in [2.75, 3.05) is 0 Å². The topological polar surface area (TPSA) is 43.6 Å². The predicted octanol–water partition coefficient (Wildman–Crippen LogP) is 9.31. The molecule has 0 saturated heterocycles. The molecule has 0 radical (unpaired) electrons. The Morgan fingerprint density at radius 3 is 2.03 bits per heavy atom. The largest absolute Gasteiger partial charge is 0.231 e. The van der Waals surface area contributed by atoms with Crippen molar-refractivity contribution in [2.45, 2.75) is 26.2 Å². The Morgan fingerprint density at radius 1 is 0.778 bits per heavy atom. The van der Waals surface area contributed by atoms with Crippen LogP contribution in [-0.4, -0.2) is 20.0 Å². The average molecular weight is 574 g/mol. The average Bonchev–Trinajstić information content (AvgIpc) is 3.46. The SMILES string of the molecule is Cc1c(-c2nnc(C(C)(C)c3ccc(Cl)cc3)s2)nn(-c2ccc(Cl)cc2Cl)c1-c1ccc(Cl)cc1. The lowest BCUT2D eigenvalue weighted by atomic mass is 9.85. The lowest BCUT2D eigenvalue weighted by Crippen LogP contribution is -2.18. The molecule has 182 valence electrons. The zero-order valence-corrected chi connectivity index (χ0v) is 23.4. The summed E-state index contributed by atoms with van der Waals surface area (Å²) in [7, 11) is 0. The van der Waals surface area contributed by atoms with E-state index < -0.39 is 0 Å².